The summed E-state index contributed by atoms with van der Waals surface area (Å²) in [5, 5.41) is 9.75. The molecule has 0 saturated carbocycles. The van der Waals surface area contributed by atoms with E-state index in [0.717, 1.165) is 11.5 Å². The van der Waals surface area contributed by atoms with E-state index in [0.29, 0.717) is 17.7 Å². The lowest BCUT2D eigenvalue weighted by atomic mass is 10.1. The van der Waals surface area contributed by atoms with E-state index in [1.807, 2.05) is 23.2 Å². The normalized spacial score (nSPS) is 11.1. The highest BCUT2D eigenvalue weighted by molar-refractivity contribution is 14.2. The third kappa shape index (κ3) is 4.04. The highest BCUT2D eigenvalue weighted by atomic mass is 127. The second-order valence-electron chi connectivity index (χ2n) is 5.36. The van der Waals surface area contributed by atoms with Gasteiger partial charge < -0.3 is 9.47 Å². The molecule has 0 aliphatic heterocycles. The van der Waals surface area contributed by atoms with Gasteiger partial charge in [-0.2, -0.15) is 5.26 Å². The zero-order chi connectivity index (χ0) is 19.4. The van der Waals surface area contributed by atoms with Crippen molar-refractivity contribution in [2.75, 3.05) is 6.61 Å². The molecule has 2 aromatic carbocycles. The molecule has 4 nitrogen and oxygen atoms in total. The van der Waals surface area contributed by atoms with Crippen molar-refractivity contribution < 1.29 is 18.3 Å². The highest BCUT2D eigenvalue weighted by Gasteiger charge is 2.17. The molecule has 0 spiro atoms. The average molecular weight is 498 g/mol. The molecule has 3 rings (SSSR count). The molecule has 0 aliphatic rings. The Morgan fingerprint density at radius 1 is 1.26 bits per heavy atom. The molecule has 0 aliphatic carbocycles. The number of aromatic nitrogens is 1. The first kappa shape index (κ1) is 19.5. The molecule has 1 heterocycles. The molecule has 0 radical (unpaired) electrons. The maximum atomic E-state index is 14.9. The van der Waals surface area contributed by atoms with Crippen molar-refractivity contribution >= 4 is 47.3 Å². The second-order valence-corrected chi connectivity index (χ2v) is 7.07. The van der Waals surface area contributed by atoms with Crippen LogP contribution in [0.2, 0.25) is 0 Å². The van der Waals surface area contributed by atoms with E-state index >= 15 is 0 Å². The number of benzene rings is 2. The van der Waals surface area contributed by atoms with Crippen molar-refractivity contribution in [2.45, 2.75) is 6.92 Å². The van der Waals surface area contributed by atoms with Crippen molar-refractivity contribution in [1.29, 1.82) is 5.26 Å². The quantitative estimate of drug-likeness (QED) is 0.290. The van der Waals surface area contributed by atoms with Crippen LogP contribution in [0.15, 0.2) is 42.8 Å². The number of nitrogens with zero attached hydrogens (tertiary/aromatic N) is 2. The maximum Gasteiger partial charge on any atom is 0.171 e. The summed E-state index contributed by atoms with van der Waals surface area (Å²) in [7, 11) is 1.41. The lowest BCUT2D eigenvalue weighted by Gasteiger charge is -2.12. The third-order valence-electron chi connectivity index (χ3n) is 3.76. The number of fused-ring (bicyclic) bond motifs is 1. The molecule has 0 atom stereocenters. The Bertz CT molecular complexity index is 1060. The molecule has 0 unspecified atom stereocenters. The lowest BCUT2D eigenvalue weighted by molar-refractivity contribution is 0.272. The summed E-state index contributed by atoms with van der Waals surface area (Å²) in [5.74, 6) is -1.09. The van der Waals surface area contributed by atoms with Gasteiger partial charge in [-0.05, 0) is 31.2 Å². The van der Waals surface area contributed by atoms with Crippen LogP contribution in [-0.2, 0) is 4.74 Å². The molecule has 27 heavy (non-hydrogen) atoms. The summed E-state index contributed by atoms with van der Waals surface area (Å²) in [6.07, 6.45) is 4.93. The van der Waals surface area contributed by atoms with Crippen LogP contribution in [0.3, 0.4) is 0 Å². The van der Waals surface area contributed by atoms with Gasteiger partial charge in [-0.25, -0.2) is 8.78 Å². The van der Waals surface area contributed by atoms with Gasteiger partial charge in [0, 0.05) is 59.6 Å². The van der Waals surface area contributed by atoms with Crippen LogP contribution in [0.1, 0.15) is 18.1 Å². The fourth-order valence-electron chi connectivity index (χ4n) is 2.55. The summed E-state index contributed by atoms with van der Waals surface area (Å²) in [6.45, 7) is 2.31. The van der Waals surface area contributed by atoms with E-state index in [2.05, 4.69) is 21.2 Å². The molecular formula is C19H13F2IN2O2S. The largest absolute Gasteiger partial charge is 0.501 e. The van der Waals surface area contributed by atoms with Crippen molar-refractivity contribution in [1.82, 2.24) is 3.97 Å². The lowest BCUT2D eigenvalue weighted by Crippen LogP contribution is -1.95. The molecule has 0 fully saturated rings. The summed E-state index contributed by atoms with van der Waals surface area (Å²) < 4.78 is 41.2. The van der Waals surface area contributed by atoms with E-state index in [-0.39, 0.29) is 17.1 Å². The van der Waals surface area contributed by atoms with Crippen LogP contribution in [0.25, 0.3) is 17.0 Å². The molecule has 138 valence electrons. The van der Waals surface area contributed by atoms with Gasteiger partial charge in [0.15, 0.2) is 11.6 Å². The van der Waals surface area contributed by atoms with Crippen LogP contribution >= 0.6 is 30.3 Å². The first-order valence-corrected chi connectivity index (χ1v) is 11.2. The van der Waals surface area contributed by atoms with Crippen molar-refractivity contribution in [2.24, 2.45) is 0 Å². The van der Waals surface area contributed by atoms with Crippen LogP contribution in [-0.4, -0.2) is 10.6 Å². The van der Waals surface area contributed by atoms with Crippen LogP contribution in [0, 0.1) is 23.0 Å². The standard InChI is InChI=1S/C19H13F2IN2O2S/c1-2-25-8-6-15-14-5-7-24(27-22)18(14)10-17(21)19(15)26-13-3-4-16(20)12(9-13)11-23/h3-10H,2H2,1H3/b8-6-. The minimum Gasteiger partial charge on any atom is -0.501 e. The number of nitriles is 1. The van der Waals surface area contributed by atoms with E-state index < -0.39 is 11.6 Å². The van der Waals surface area contributed by atoms with Gasteiger partial charge in [-0.3, -0.25) is 3.97 Å². The Morgan fingerprint density at radius 2 is 2.07 bits per heavy atom. The molecule has 3 aromatic rings. The molecule has 8 heteroatoms. The molecule has 0 amide bonds. The van der Waals surface area contributed by atoms with Crippen molar-refractivity contribution in [3.8, 4) is 17.6 Å². The average Bonchev–Trinajstić information content (AvgIpc) is 3.07. The summed E-state index contributed by atoms with van der Waals surface area (Å²) in [4.78, 5) is 0. The van der Waals surface area contributed by atoms with Gasteiger partial charge in [0.25, 0.3) is 0 Å². The van der Waals surface area contributed by atoms with Crippen molar-refractivity contribution in [3.05, 3.63) is 65.6 Å². The van der Waals surface area contributed by atoms with Gasteiger partial charge in [0.2, 0.25) is 0 Å². The first-order valence-electron chi connectivity index (χ1n) is 7.87. The maximum absolute atomic E-state index is 14.9. The first-order chi connectivity index (χ1) is 13.1. The summed E-state index contributed by atoms with van der Waals surface area (Å²) in [5.41, 5.74) is 1.01. The van der Waals surface area contributed by atoms with Crippen LogP contribution in [0.5, 0.6) is 11.5 Å². The number of rotatable bonds is 6. The third-order valence-corrected chi connectivity index (χ3v) is 5.50. The number of hydrogen-bond donors (Lipinski definition) is 0. The van der Waals surface area contributed by atoms with Gasteiger partial charge in [-0.1, -0.05) is 0 Å². The summed E-state index contributed by atoms with van der Waals surface area (Å²) in [6, 6.07) is 8.67. The van der Waals surface area contributed by atoms with Gasteiger partial charge in [-0.15, -0.1) is 0 Å². The Kier molecular flexibility index (Phi) is 6.23. The minimum absolute atomic E-state index is 0.0230. The summed E-state index contributed by atoms with van der Waals surface area (Å²) >= 11 is 2.11. The van der Waals surface area contributed by atoms with Gasteiger partial charge in [0.1, 0.15) is 17.6 Å². The second kappa shape index (κ2) is 8.63. The molecule has 0 saturated heterocycles. The molecule has 0 N–H and O–H groups in total. The zero-order valence-corrected chi connectivity index (χ0v) is 17.1. The van der Waals surface area contributed by atoms with E-state index in [4.69, 9.17) is 14.7 Å². The number of ether oxygens (including phenoxy) is 2. The van der Waals surface area contributed by atoms with E-state index in [1.165, 1.54) is 33.6 Å². The SMILES string of the molecule is CCO/C=C\c1c(Oc2ccc(F)c(C#N)c2)c(F)cc2c1ccn2SI. The monoisotopic (exact) mass is 498 g/mol. The van der Waals surface area contributed by atoms with Gasteiger partial charge in [0.05, 0.1) is 23.9 Å². The minimum atomic E-state index is -0.659. The van der Waals surface area contributed by atoms with Crippen LogP contribution in [0.4, 0.5) is 8.78 Å². The Hall–Kier alpha value is -2.25. The van der Waals surface area contributed by atoms with E-state index in [9.17, 15) is 8.78 Å². The Morgan fingerprint density at radius 3 is 2.78 bits per heavy atom. The van der Waals surface area contributed by atoms with Gasteiger partial charge >= 0.3 is 0 Å². The predicted octanol–water partition coefficient (Wildman–Crippen LogP) is 6.44. The molecular weight excluding hydrogens is 485 g/mol. The number of hydrogen-bond acceptors (Lipinski definition) is 4. The predicted molar refractivity (Wildman–Crippen MR) is 111 cm³/mol. The van der Waals surface area contributed by atoms with Crippen LogP contribution < -0.4 is 4.74 Å². The highest BCUT2D eigenvalue weighted by Crippen LogP contribution is 2.38. The fourth-order valence-corrected chi connectivity index (χ4v) is 3.91. The van der Waals surface area contributed by atoms with Crippen molar-refractivity contribution in [3.63, 3.8) is 0 Å². The Labute approximate surface area is 171 Å². The topological polar surface area (TPSA) is 47.2 Å². The number of halogens is 3. The molecule has 1 aromatic heterocycles. The van der Waals surface area contributed by atoms with E-state index in [1.54, 1.807) is 12.1 Å². The smallest absolute Gasteiger partial charge is 0.171 e. The zero-order valence-electron chi connectivity index (χ0n) is 14.1. The Balaban J connectivity index is 2.14. The fraction of sp³-hybridized carbons (Fsp3) is 0.105. The molecule has 0 bridgehead atoms.